The van der Waals surface area contributed by atoms with Gasteiger partial charge in [-0.05, 0) is 102 Å². The van der Waals surface area contributed by atoms with Crippen molar-refractivity contribution in [2.45, 2.75) is 83.4 Å². The van der Waals surface area contributed by atoms with Crippen LogP contribution in [0.3, 0.4) is 0 Å². The first-order valence-electron chi connectivity index (χ1n) is 12.4. The Hall–Kier alpha value is -2.63. The van der Waals surface area contributed by atoms with E-state index in [1.807, 2.05) is 58.3 Å². The number of nitrogens with one attached hydrogen (secondary N) is 2. The van der Waals surface area contributed by atoms with Crippen LogP contribution in [0.25, 0.3) is 0 Å². The van der Waals surface area contributed by atoms with E-state index < -0.39 is 5.60 Å². The van der Waals surface area contributed by atoms with Gasteiger partial charge >= 0.3 is 5.97 Å². The molecule has 6 rings (SSSR count). The highest BCUT2D eigenvalue weighted by molar-refractivity contribution is 5.93. The molecule has 4 saturated carbocycles. The highest BCUT2D eigenvalue weighted by Gasteiger charge is 2.51. The predicted octanol–water partition coefficient (Wildman–Crippen LogP) is 5.82. The van der Waals surface area contributed by atoms with Gasteiger partial charge in [0.15, 0.2) is 0 Å². The van der Waals surface area contributed by atoms with Gasteiger partial charge in [0.25, 0.3) is 0 Å². The van der Waals surface area contributed by atoms with Crippen molar-refractivity contribution in [2.75, 3.05) is 10.6 Å². The molecular weight excluding hydrogens is 412 g/mol. The van der Waals surface area contributed by atoms with Gasteiger partial charge in [-0.15, -0.1) is 0 Å². The van der Waals surface area contributed by atoms with Gasteiger partial charge in [-0.25, -0.2) is 9.79 Å². The number of ether oxygens (including phenoxy) is 1. The van der Waals surface area contributed by atoms with E-state index in [1.54, 1.807) is 6.34 Å². The maximum atomic E-state index is 12.8. The summed E-state index contributed by atoms with van der Waals surface area (Å²) in [7, 11) is 0. The molecule has 1 atom stereocenters. The van der Waals surface area contributed by atoms with E-state index in [1.165, 1.54) is 38.5 Å². The first-order valence-corrected chi connectivity index (χ1v) is 12.4. The molecule has 0 spiro atoms. The summed E-state index contributed by atoms with van der Waals surface area (Å²) in [5.41, 5.74) is 3.12. The second kappa shape index (κ2) is 8.30. The lowest BCUT2D eigenvalue weighted by Gasteiger charge is -2.57. The van der Waals surface area contributed by atoms with E-state index in [0.29, 0.717) is 5.56 Å². The molecule has 1 aromatic carbocycles. The smallest absolute Gasteiger partial charge is 0.338 e. The molecule has 1 aliphatic heterocycles. The summed E-state index contributed by atoms with van der Waals surface area (Å²) in [5, 5.41) is 7.42. The number of carbonyl (C=O) groups excluding carboxylic acids is 1. The standard InChI is InChI=1S/C27H36N4O2/c1-17-22(14-28-16-30-17)15-29-24-10-21(25(32)33-26(2,3)4)5-6-23(24)31-27-11-18-7-19(12-27)9-20(8-18)13-27/h5-6,10,14-20,29,31H,7-9,11-13H2,1-4H3. The van der Waals surface area contributed by atoms with Crippen molar-refractivity contribution in [3.8, 4) is 0 Å². The van der Waals surface area contributed by atoms with Crippen molar-refractivity contribution in [2.24, 2.45) is 27.7 Å². The van der Waals surface area contributed by atoms with Crippen LogP contribution in [0.4, 0.5) is 11.4 Å². The zero-order valence-electron chi connectivity index (χ0n) is 20.2. The zero-order chi connectivity index (χ0) is 23.2. The monoisotopic (exact) mass is 448 g/mol. The topological polar surface area (TPSA) is 75.1 Å². The maximum absolute atomic E-state index is 12.8. The highest BCUT2D eigenvalue weighted by atomic mass is 16.6. The summed E-state index contributed by atoms with van der Waals surface area (Å²) >= 11 is 0. The Morgan fingerprint density at radius 3 is 2.36 bits per heavy atom. The summed E-state index contributed by atoms with van der Waals surface area (Å²) in [4.78, 5) is 21.3. The van der Waals surface area contributed by atoms with Gasteiger partial charge in [-0.2, -0.15) is 0 Å². The molecule has 6 nitrogen and oxygen atoms in total. The van der Waals surface area contributed by atoms with Crippen LogP contribution in [-0.4, -0.2) is 35.7 Å². The summed E-state index contributed by atoms with van der Waals surface area (Å²) in [5.74, 6) is 2.28. The summed E-state index contributed by atoms with van der Waals surface area (Å²) in [6.45, 7) is 7.71. The van der Waals surface area contributed by atoms with Crippen molar-refractivity contribution >= 4 is 29.9 Å². The number of anilines is 2. The van der Waals surface area contributed by atoms with Crippen molar-refractivity contribution < 1.29 is 9.53 Å². The van der Waals surface area contributed by atoms with Crippen molar-refractivity contribution in [3.05, 3.63) is 35.5 Å². The van der Waals surface area contributed by atoms with Crippen molar-refractivity contribution in [3.63, 3.8) is 0 Å². The highest BCUT2D eigenvalue weighted by Crippen LogP contribution is 2.57. The first-order chi connectivity index (χ1) is 15.7. The van der Waals surface area contributed by atoms with Crippen LogP contribution in [0.5, 0.6) is 0 Å². The molecule has 0 aromatic heterocycles. The molecule has 4 fully saturated rings. The van der Waals surface area contributed by atoms with Gasteiger partial charge in [0.1, 0.15) is 11.9 Å². The van der Waals surface area contributed by atoms with Crippen molar-refractivity contribution in [1.82, 2.24) is 0 Å². The Bertz CT molecular complexity index is 982. The Kier molecular flexibility index (Phi) is 5.58. The average Bonchev–Trinajstić information content (AvgIpc) is 2.71. The van der Waals surface area contributed by atoms with E-state index in [2.05, 4.69) is 20.6 Å². The van der Waals surface area contributed by atoms with Gasteiger partial charge in [0.2, 0.25) is 0 Å². The average molecular weight is 449 g/mol. The minimum atomic E-state index is -0.533. The van der Waals surface area contributed by atoms with Gasteiger partial charge in [-0.3, -0.25) is 4.99 Å². The van der Waals surface area contributed by atoms with Crippen LogP contribution < -0.4 is 10.6 Å². The van der Waals surface area contributed by atoms with Crippen molar-refractivity contribution in [1.29, 1.82) is 0 Å². The second-order valence-corrected chi connectivity index (χ2v) is 11.6. The molecule has 1 aromatic rings. The number of carbonyl (C=O) groups is 1. The molecule has 4 bridgehead atoms. The third-order valence-corrected chi connectivity index (χ3v) is 7.55. The molecule has 1 heterocycles. The van der Waals surface area contributed by atoms with E-state index in [-0.39, 0.29) is 17.6 Å². The molecule has 2 N–H and O–H groups in total. The first kappa shape index (κ1) is 22.2. The largest absolute Gasteiger partial charge is 0.456 e. The molecule has 6 heteroatoms. The number of hydrogen-bond acceptors (Lipinski definition) is 6. The van der Waals surface area contributed by atoms with Gasteiger partial charge in [0.05, 0.1) is 23.0 Å². The Balaban J connectivity index is 1.43. The predicted molar refractivity (Wildman–Crippen MR) is 134 cm³/mol. The molecule has 4 aliphatic carbocycles. The van der Waals surface area contributed by atoms with Gasteiger partial charge in [-0.1, -0.05) is 0 Å². The van der Waals surface area contributed by atoms with Crippen LogP contribution >= 0.6 is 0 Å². The molecule has 0 radical (unpaired) electrons. The van der Waals surface area contributed by atoms with E-state index >= 15 is 0 Å². The van der Waals surface area contributed by atoms with Crippen LogP contribution in [0.15, 0.2) is 40.0 Å². The lowest BCUT2D eigenvalue weighted by atomic mass is 9.53. The number of esters is 1. The number of rotatable bonds is 5. The molecule has 0 saturated heterocycles. The third-order valence-electron chi connectivity index (χ3n) is 7.55. The Morgan fingerprint density at radius 2 is 1.76 bits per heavy atom. The molecule has 0 amide bonds. The van der Waals surface area contributed by atoms with Crippen LogP contribution in [-0.2, 0) is 4.74 Å². The third kappa shape index (κ3) is 4.85. The Morgan fingerprint density at radius 1 is 1.09 bits per heavy atom. The number of hydrogen-bond donors (Lipinski definition) is 2. The summed E-state index contributed by atoms with van der Waals surface area (Å²) in [6.07, 6.45) is 13.4. The fraction of sp³-hybridized carbons (Fsp3) is 0.593. The fourth-order valence-corrected chi connectivity index (χ4v) is 6.56. The zero-order valence-corrected chi connectivity index (χ0v) is 20.2. The van der Waals surface area contributed by atoms with Gasteiger partial charge in [0, 0.05) is 23.5 Å². The molecule has 5 aliphatic rings. The SMILES string of the molecule is CC1N=CN=CC1=CNc1cc(C(=O)OC(C)(C)C)ccc1NC12CC3CC(CC(C3)C1)C2. The minimum absolute atomic E-state index is 0.0450. The van der Waals surface area contributed by atoms with Gasteiger partial charge < -0.3 is 15.4 Å². The number of nitrogens with zero attached hydrogens (tertiary/aromatic N) is 2. The molecule has 176 valence electrons. The summed E-state index contributed by atoms with van der Waals surface area (Å²) in [6, 6.07) is 5.87. The maximum Gasteiger partial charge on any atom is 0.338 e. The normalized spacial score (nSPS) is 33.4. The molecule has 33 heavy (non-hydrogen) atoms. The van der Waals surface area contributed by atoms with E-state index in [4.69, 9.17) is 4.74 Å². The lowest BCUT2D eigenvalue weighted by molar-refractivity contribution is 0.00695. The van der Waals surface area contributed by atoms with Crippen LogP contribution in [0.1, 0.15) is 76.6 Å². The van der Waals surface area contributed by atoms with Crippen LogP contribution in [0.2, 0.25) is 0 Å². The van der Waals surface area contributed by atoms with E-state index in [0.717, 1.165) is 34.7 Å². The van der Waals surface area contributed by atoms with Crippen LogP contribution in [0, 0.1) is 17.8 Å². The summed E-state index contributed by atoms with van der Waals surface area (Å²) < 4.78 is 5.62. The van der Waals surface area contributed by atoms with E-state index in [9.17, 15) is 4.79 Å². The lowest BCUT2D eigenvalue weighted by Crippen LogP contribution is -2.54. The number of benzene rings is 1. The Labute approximate surface area is 197 Å². The number of aliphatic imine (C=N–C) groups is 2. The quantitative estimate of drug-likeness (QED) is 0.557. The molecule has 1 unspecified atom stereocenters. The molecular formula is C27H36N4O2. The second-order valence-electron chi connectivity index (χ2n) is 11.6. The minimum Gasteiger partial charge on any atom is -0.456 e. The fourth-order valence-electron chi connectivity index (χ4n) is 6.56.